The first-order valence-electron chi connectivity index (χ1n) is 7.83. The number of rotatable bonds is 6. The van der Waals surface area contributed by atoms with E-state index in [1.54, 1.807) is 0 Å². The molecule has 0 aliphatic heterocycles. The maximum atomic E-state index is 6.33. The Balaban J connectivity index is 1.90. The van der Waals surface area contributed by atoms with E-state index in [0.717, 1.165) is 42.1 Å². The molecule has 0 amide bonds. The zero-order valence-corrected chi connectivity index (χ0v) is 13.5. The standard InChI is InChI=1S/C16H24ClN3/c1-10(2)15-18-14(17)11(3)16(19-15)20(8-12-4-5-12)9-13-6-7-13/h10,12-13H,4-9H2,1-3H3. The lowest BCUT2D eigenvalue weighted by molar-refractivity contribution is 0.660. The lowest BCUT2D eigenvalue weighted by Gasteiger charge is -2.26. The fraction of sp³-hybridized carbons (Fsp3) is 0.750. The van der Waals surface area contributed by atoms with Gasteiger partial charge in [-0.2, -0.15) is 0 Å². The van der Waals surface area contributed by atoms with E-state index in [9.17, 15) is 0 Å². The minimum atomic E-state index is 0.315. The van der Waals surface area contributed by atoms with Crippen LogP contribution in [-0.4, -0.2) is 23.1 Å². The number of halogens is 1. The molecule has 2 aliphatic carbocycles. The van der Waals surface area contributed by atoms with Crippen LogP contribution in [0.2, 0.25) is 5.15 Å². The molecule has 0 unspecified atom stereocenters. The van der Waals surface area contributed by atoms with Gasteiger partial charge < -0.3 is 4.90 Å². The highest BCUT2D eigenvalue weighted by Crippen LogP contribution is 2.37. The van der Waals surface area contributed by atoms with Crippen LogP contribution in [0.5, 0.6) is 0 Å². The molecule has 1 aromatic heterocycles. The highest BCUT2D eigenvalue weighted by Gasteiger charge is 2.31. The molecule has 0 atom stereocenters. The van der Waals surface area contributed by atoms with Gasteiger partial charge in [0.15, 0.2) is 0 Å². The first kappa shape index (κ1) is 14.1. The molecule has 0 spiro atoms. The van der Waals surface area contributed by atoms with Crippen LogP contribution in [0.4, 0.5) is 5.82 Å². The van der Waals surface area contributed by atoms with Gasteiger partial charge in [-0.1, -0.05) is 25.4 Å². The van der Waals surface area contributed by atoms with E-state index in [2.05, 4.69) is 30.7 Å². The van der Waals surface area contributed by atoms with E-state index in [1.807, 2.05) is 0 Å². The molecule has 1 aromatic rings. The molecule has 110 valence electrons. The average molecular weight is 294 g/mol. The highest BCUT2D eigenvalue weighted by molar-refractivity contribution is 6.30. The van der Waals surface area contributed by atoms with Crippen molar-refractivity contribution in [3.8, 4) is 0 Å². The number of hydrogen-bond acceptors (Lipinski definition) is 3. The molecule has 2 saturated carbocycles. The Labute approximate surface area is 126 Å². The monoisotopic (exact) mass is 293 g/mol. The molecule has 0 radical (unpaired) electrons. The molecule has 0 aromatic carbocycles. The summed E-state index contributed by atoms with van der Waals surface area (Å²) in [4.78, 5) is 11.7. The van der Waals surface area contributed by atoms with Crippen LogP contribution in [0.3, 0.4) is 0 Å². The van der Waals surface area contributed by atoms with Crippen molar-refractivity contribution < 1.29 is 0 Å². The van der Waals surface area contributed by atoms with Crippen LogP contribution in [0.15, 0.2) is 0 Å². The molecule has 0 bridgehead atoms. The summed E-state index contributed by atoms with van der Waals surface area (Å²) >= 11 is 6.33. The molecule has 2 aliphatic rings. The minimum absolute atomic E-state index is 0.315. The summed E-state index contributed by atoms with van der Waals surface area (Å²) in [6.07, 6.45) is 5.48. The molecule has 4 heteroatoms. The van der Waals surface area contributed by atoms with Gasteiger partial charge in [-0.05, 0) is 44.4 Å². The summed E-state index contributed by atoms with van der Waals surface area (Å²) in [6, 6.07) is 0. The summed E-state index contributed by atoms with van der Waals surface area (Å²) < 4.78 is 0. The Morgan fingerprint density at radius 2 is 1.65 bits per heavy atom. The van der Waals surface area contributed by atoms with Crippen molar-refractivity contribution in [1.29, 1.82) is 0 Å². The van der Waals surface area contributed by atoms with E-state index < -0.39 is 0 Å². The Morgan fingerprint density at radius 3 is 2.10 bits per heavy atom. The third-order valence-electron chi connectivity index (χ3n) is 4.24. The Morgan fingerprint density at radius 1 is 1.10 bits per heavy atom. The van der Waals surface area contributed by atoms with Crippen molar-refractivity contribution in [2.24, 2.45) is 11.8 Å². The Hall–Kier alpha value is -0.830. The minimum Gasteiger partial charge on any atom is -0.356 e. The van der Waals surface area contributed by atoms with E-state index in [4.69, 9.17) is 16.6 Å². The first-order chi connectivity index (χ1) is 9.54. The molecule has 0 N–H and O–H groups in total. The van der Waals surface area contributed by atoms with Gasteiger partial charge in [0, 0.05) is 24.6 Å². The SMILES string of the molecule is Cc1c(Cl)nc(C(C)C)nc1N(CC1CC1)CC1CC1. The molecule has 1 heterocycles. The normalized spacial score (nSPS) is 18.6. The highest BCUT2D eigenvalue weighted by atomic mass is 35.5. The largest absolute Gasteiger partial charge is 0.356 e. The van der Waals surface area contributed by atoms with Crippen LogP contribution in [-0.2, 0) is 0 Å². The van der Waals surface area contributed by atoms with Gasteiger partial charge in [0.25, 0.3) is 0 Å². The third kappa shape index (κ3) is 3.25. The number of aromatic nitrogens is 2. The quantitative estimate of drug-likeness (QED) is 0.737. The molecule has 3 rings (SSSR count). The summed E-state index contributed by atoms with van der Waals surface area (Å²) in [7, 11) is 0. The van der Waals surface area contributed by atoms with Gasteiger partial charge in [0.2, 0.25) is 0 Å². The summed E-state index contributed by atoms with van der Waals surface area (Å²) in [5.74, 6) is 3.99. The predicted molar refractivity (Wildman–Crippen MR) is 83.5 cm³/mol. The van der Waals surface area contributed by atoms with Gasteiger partial charge in [-0.15, -0.1) is 0 Å². The van der Waals surface area contributed by atoms with Crippen molar-refractivity contribution >= 4 is 17.4 Å². The zero-order valence-electron chi connectivity index (χ0n) is 12.7. The summed E-state index contributed by atoms with van der Waals surface area (Å²) in [5, 5.41) is 0.621. The van der Waals surface area contributed by atoms with E-state index in [0.29, 0.717) is 11.1 Å². The second kappa shape index (κ2) is 5.51. The van der Waals surface area contributed by atoms with Crippen molar-refractivity contribution in [2.45, 2.75) is 52.4 Å². The van der Waals surface area contributed by atoms with Crippen LogP contribution in [0.1, 0.15) is 56.8 Å². The zero-order chi connectivity index (χ0) is 14.3. The van der Waals surface area contributed by atoms with E-state index >= 15 is 0 Å². The van der Waals surface area contributed by atoms with Gasteiger partial charge >= 0.3 is 0 Å². The lowest BCUT2D eigenvalue weighted by Crippen LogP contribution is -2.30. The topological polar surface area (TPSA) is 29.0 Å². The molecule has 20 heavy (non-hydrogen) atoms. The molecule has 2 fully saturated rings. The van der Waals surface area contributed by atoms with E-state index in [-0.39, 0.29) is 0 Å². The fourth-order valence-corrected chi connectivity index (χ4v) is 2.70. The summed E-state index contributed by atoms with van der Waals surface area (Å²) in [5.41, 5.74) is 1.04. The Kier molecular flexibility index (Phi) is 3.89. The third-order valence-corrected chi connectivity index (χ3v) is 4.61. The van der Waals surface area contributed by atoms with E-state index in [1.165, 1.54) is 25.7 Å². The predicted octanol–water partition coefficient (Wildman–Crippen LogP) is 4.19. The van der Waals surface area contributed by atoms with Gasteiger partial charge in [-0.25, -0.2) is 9.97 Å². The first-order valence-corrected chi connectivity index (χ1v) is 8.21. The van der Waals surface area contributed by atoms with Crippen LogP contribution in [0.25, 0.3) is 0 Å². The number of nitrogens with zero attached hydrogens (tertiary/aromatic N) is 3. The fourth-order valence-electron chi connectivity index (χ4n) is 2.53. The van der Waals surface area contributed by atoms with Crippen molar-refractivity contribution in [1.82, 2.24) is 9.97 Å². The molecular formula is C16H24ClN3. The second-order valence-corrected chi connectivity index (χ2v) is 7.13. The average Bonchev–Trinajstić information content (AvgIpc) is 3.26. The maximum Gasteiger partial charge on any atom is 0.137 e. The van der Waals surface area contributed by atoms with Crippen LogP contribution >= 0.6 is 11.6 Å². The molecule has 3 nitrogen and oxygen atoms in total. The summed E-state index contributed by atoms with van der Waals surface area (Å²) in [6.45, 7) is 8.58. The van der Waals surface area contributed by atoms with Crippen molar-refractivity contribution in [3.63, 3.8) is 0 Å². The molecular weight excluding hydrogens is 270 g/mol. The van der Waals surface area contributed by atoms with Crippen molar-refractivity contribution in [2.75, 3.05) is 18.0 Å². The number of anilines is 1. The van der Waals surface area contributed by atoms with Crippen LogP contribution < -0.4 is 4.90 Å². The lowest BCUT2D eigenvalue weighted by atomic mass is 10.2. The van der Waals surface area contributed by atoms with Gasteiger partial charge in [-0.3, -0.25) is 0 Å². The van der Waals surface area contributed by atoms with Crippen molar-refractivity contribution in [3.05, 3.63) is 16.5 Å². The van der Waals surface area contributed by atoms with Gasteiger partial charge in [0.05, 0.1) is 0 Å². The second-order valence-electron chi connectivity index (χ2n) is 6.77. The maximum absolute atomic E-state index is 6.33. The Bertz CT molecular complexity index is 479. The molecule has 0 saturated heterocycles. The van der Waals surface area contributed by atoms with Crippen LogP contribution in [0, 0.1) is 18.8 Å². The van der Waals surface area contributed by atoms with Gasteiger partial charge in [0.1, 0.15) is 16.8 Å². The number of hydrogen-bond donors (Lipinski definition) is 0. The smallest absolute Gasteiger partial charge is 0.137 e.